The first-order chi connectivity index (χ1) is 11.2. The molecule has 0 unspecified atom stereocenters. The van der Waals surface area contributed by atoms with E-state index in [1.54, 1.807) is 24.3 Å². The number of nitrogens with zero attached hydrogens (tertiary/aromatic N) is 2. The standard InChI is InChI=1S/C16H19ClN4O2/c17-13-8-6-12(7-9-13)15-18-16(23-21-15)20-19-14(22)10-11-4-2-1-3-5-11/h6-9,11H,1-5,10H2,(H,19,22)(H,18,20,21). The number of hydrogen-bond donors (Lipinski definition) is 2. The van der Waals surface area contributed by atoms with Gasteiger partial charge in [-0.25, -0.2) is 5.43 Å². The van der Waals surface area contributed by atoms with Crippen molar-refractivity contribution in [3.05, 3.63) is 29.3 Å². The number of halogens is 1. The summed E-state index contributed by atoms with van der Waals surface area (Å²) < 4.78 is 5.07. The molecule has 1 aromatic heterocycles. The van der Waals surface area contributed by atoms with Gasteiger partial charge in [0, 0.05) is 17.0 Å². The number of amides is 1. The van der Waals surface area contributed by atoms with Gasteiger partial charge in [0.15, 0.2) is 0 Å². The van der Waals surface area contributed by atoms with Crippen LogP contribution in [0.25, 0.3) is 11.4 Å². The molecule has 0 radical (unpaired) electrons. The van der Waals surface area contributed by atoms with Crippen molar-refractivity contribution in [1.29, 1.82) is 0 Å². The van der Waals surface area contributed by atoms with Crippen LogP contribution >= 0.6 is 11.6 Å². The van der Waals surface area contributed by atoms with E-state index in [1.807, 2.05) is 0 Å². The van der Waals surface area contributed by atoms with Crippen molar-refractivity contribution in [1.82, 2.24) is 15.6 Å². The van der Waals surface area contributed by atoms with Crippen LogP contribution in [0.2, 0.25) is 5.02 Å². The number of anilines is 1. The maximum atomic E-state index is 11.9. The molecule has 1 heterocycles. The molecule has 1 aliphatic carbocycles. The van der Waals surface area contributed by atoms with Crippen molar-refractivity contribution in [2.45, 2.75) is 38.5 Å². The van der Waals surface area contributed by atoms with Crippen molar-refractivity contribution in [2.24, 2.45) is 5.92 Å². The summed E-state index contributed by atoms with van der Waals surface area (Å²) in [5.74, 6) is 0.867. The Hall–Kier alpha value is -2.08. The molecule has 23 heavy (non-hydrogen) atoms. The number of carbonyl (C=O) groups is 1. The highest BCUT2D eigenvalue weighted by Gasteiger charge is 2.17. The van der Waals surface area contributed by atoms with Crippen molar-refractivity contribution >= 4 is 23.5 Å². The van der Waals surface area contributed by atoms with E-state index >= 15 is 0 Å². The summed E-state index contributed by atoms with van der Waals surface area (Å²) >= 11 is 5.84. The molecule has 0 saturated heterocycles. The third-order valence-electron chi connectivity index (χ3n) is 4.04. The number of benzene rings is 1. The Morgan fingerprint density at radius 1 is 1.22 bits per heavy atom. The molecule has 2 aromatic rings. The summed E-state index contributed by atoms with van der Waals surface area (Å²) in [5, 5.41) is 4.51. The monoisotopic (exact) mass is 334 g/mol. The molecule has 3 rings (SSSR count). The maximum absolute atomic E-state index is 11.9. The molecule has 0 aliphatic heterocycles. The fourth-order valence-corrected chi connectivity index (χ4v) is 2.94. The quantitative estimate of drug-likeness (QED) is 0.813. The number of hydrazine groups is 1. The molecule has 7 heteroatoms. The second kappa shape index (κ2) is 7.46. The highest BCUT2D eigenvalue weighted by Crippen LogP contribution is 2.26. The molecule has 1 aromatic carbocycles. The van der Waals surface area contributed by atoms with E-state index in [2.05, 4.69) is 21.0 Å². The van der Waals surface area contributed by atoms with Crippen LogP contribution in [0.4, 0.5) is 6.01 Å². The van der Waals surface area contributed by atoms with Crippen molar-refractivity contribution in [3.63, 3.8) is 0 Å². The molecule has 1 amide bonds. The zero-order valence-corrected chi connectivity index (χ0v) is 13.5. The lowest BCUT2D eigenvalue weighted by Gasteiger charge is -2.20. The van der Waals surface area contributed by atoms with Gasteiger partial charge >= 0.3 is 6.01 Å². The fourth-order valence-electron chi connectivity index (χ4n) is 2.82. The van der Waals surface area contributed by atoms with Crippen LogP contribution < -0.4 is 10.9 Å². The summed E-state index contributed by atoms with van der Waals surface area (Å²) in [6, 6.07) is 7.28. The molecular formula is C16H19ClN4O2. The average Bonchev–Trinajstić information content (AvgIpc) is 3.04. The molecule has 0 bridgehead atoms. The highest BCUT2D eigenvalue weighted by molar-refractivity contribution is 6.30. The van der Waals surface area contributed by atoms with Gasteiger partial charge < -0.3 is 4.52 Å². The molecule has 2 N–H and O–H groups in total. The van der Waals surface area contributed by atoms with E-state index in [9.17, 15) is 4.79 Å². The van der Waals surface area contributed by atoms with Gasteiger partial charge in [0.1, 0.15) is 0 Å². The normalized spacial score (nSPS) is 15.3. The summed E-state index contributed by atoms with van der Waals surface area (Å²) in [4.78, 5) is 16.1. The third-order valence-corrected chi connectivity index (χ3v) is 4.29. The number of nitrogens with one attached hydrogen (secondary N) is 2. The Bertz CT molecular complexity index is 650. The van der Waals surface area contributed by atoms with Crippen LogP contribution in [-0.2, 0) is 4.79 Å². The van der Waals surface area contributed by atoms with Gasteiger partial charge in [0.25, 0.3) is 0 Å². The van der Waals surface area contributed by atoms with Gasteiger partial charge in [-0.3, -0.25) is 10.2 Å². The van der Waals surface area contributed by atoms with Crippen LogP contribution in [0.1, 0.15) is 38.5 Å². The largest absolute Gasteiger partial charge is 0.340 e. The first-order valence-corrected chi connectivity index (χ1v) is 8.23. The number of carbonyl (C=O) groups excluding carboxylic acids is 1. The van der Waals surface area contributed by atoms with E-state index in [0.29, 0.717) is 23.2 Å². The zero-order chi connectivity index (χ0) is 16.1. The third kappa shape index (κ3) is 4.45. The SMILES string of the molecule is O=C(CC1CCCCC1)NNc1nc(-c2ccc(Cl)cc2)no1. The number of rotatable bonds is 5. The molecule has 1 saturated carbocycles. The average molecular weight is 335 g/mol. The Balaban J connectivity index is 1.50. The van der Waals surface area contributed by atoms with Gasteiger partial charge in [-0.15, -0.1) is 0 Å². The molecule has 6 nitrogen and oxygen atoms in total. The second-order valence-electron chi connectivity index (χ2n) is 5.81. The predicted molar refractivity (Wildman–Crippen MR) is 87.7 cm³/mol. The lowest BCUT2D eigenvalue weighted by Crippen LogP contribution is -2.31. The van der Waals surface area contributed by atoms with Crippen molar-refractivity contribution in [2.75, 3.05) is 5.43 Å². The lowest BCUT2D eigenvalue weighted by molar-refractivity contribution is -0.121. The Morgan fingerprint density at radius 2 is 1.96 bits per heavy atom. The minimum atomic E-state index is -0.0526. The van der Waals surface area contributed by atoms with Crippen LogP contribution in [0.3, 0.4) is 0 Å². The Kier molecular flexibility index (Phi) is 5.12. The molecule has 122 valence electrons. The van der Waals surface area contributed by atoms with E-state index < -0.39 is 0 Å². The van der Waals surface area contributed by atoms with E-state index in [1.165, 1.54) is 19.3 Å². The zero-order valence-electron chi connectivity index (χ0n) is 12.7. The molecule has 1 fully saturated rings. The molecule has 0 spiro atoms. The summed E-state index contributed by atoms with van der Waals surface area (Å²) in [5.41, 5.74) is 6.07. The molecule has 0 atom stereocenters. The lowest BCUT2D eigenvalue weighted by atomic mass is 9.87. The smallest absolute Gasteiger partial charge is 0.313 e. The first-order valence-electron chi connectivity index (χ1n) is 7.85. The first kappa shape index (κ1) is 15.8. The highest BCUT2D eigenvalue weighted by atomic mass is 35.5. The van der Waals surface area contributed by atoms with Gasteiger partial charge in [-0.2, -0.15) is 4.98 Å². The van der Waals surface area contributed by atoms with E-state index in [0.717, 1.165) is 18.4 Å². The van der Waals surface area contributed by atoms with Crippen molar-refractivity contribution in [3.8, 4) is 11.4 Å². The Labute approximate surface area is 139 Å². The summed E-state index contributed by atoms with van der Waals surface area (Å²) in [6.07, 6.45) is 6.53. The summed E-state index contributed by atoms with van der Waals surface area (Å²) in [6.45, 7) is 0. The van der Waals surface area contributed by atoms with Gasteiger partial charge in [0.05, 0.1) is 0 Å². The Morgan fingerprint density at radius 3 is 2.70 bits per heavy atom. The molecular weight excluding hydrogens is 316 g/mol. The second-order valence-corrected chi connectivity index (χ2v) is 6.25. The van der Waals surface area contributed by atoms with Crippen LogP contribution in [0.15, 0.2) is 28.8 Å². The van der Waals surface area contributed by atoms with Gasteiger partial charge in [0.2, 0.25) is 11.7 Å². The number of aromatic nitrogens is 2. The van der Waals surface area contributed by atoms with Crippen LogP contribution in [0.5, 0.6) is 0 Å². The minimum Gasteiger partial charge on any atom is -0.313 e. The van der Waals surface area contributed by atoms with Gasteiger partial charge in [-0.1, -0.05) is 36.0 Å². The molecule has 1 aliphatic rings. The fraction of sp³-hybridized carbons (Fsp3) is 0.438. The summed E-state index contributed by atoms with van der Waals surface area (Å²) in [7, 11) is 0. The predicted octanol–water partition coefficient (Wildman–Crippen LogP) is 3.80. The van der Waals surface area contributed by atoms with Gasteiger partial charge in [-0.05, 0) is 43.0 Å². The van der Waals surface area contributed by atoms with E-state index in [4.69, 9.17) is 16.1 Å². The minimum absolute atomic E-state index is 0.0526. The van der Waals surface area contributed by atoms with Crippen molar-refractivity contribution < 1.29 is 9.32 Å². The van der Waals surface area contributed by atoms with E-state index in [-0.39, 0.29) is 11.9 Å². The van der Waals surface area contributed by atoms with Crippen LogP contribution in [-0.4, -0.2) is 16.0 Å². The number of hydrogen-bond acceptors (Lipinski definition) is 5. The topological polar surface area (TPSA) is 80.0 Å². The van der Waals surface area contributed by atoms with Crippen LogP contribution in [0, 0.1) is 5.92 Å². The maximum Gasteiger partial charge on any atom is 0.340 e.